The maximum absolute atomic E-state index is 12.1. The van der Waals surface area contributed by atoms with Crippen molar-refractivity contribution in [2.75, 3.05) is 13.2 Å². The van der Waals surface area contributed by atoms with E-state index in [0.717, 1.165) is 12.1 Å². The normalized spacial score (nSPS) is 22.5. The van der Waals surface area contributed by atoms with Gasteiger partial charge >= 0.3 is 0 Å². The van der Waals surface area contributed by atoms with Crippen LogP contribution >= 0.6 is 0 Å². The molecule has 2 atom stereocenters. The third kappa shape index (κ3) is 4.57. The first-order valence-electron chi connectivity index (χ1n) is 8.33. The second-order valence-corrected chi connectivity index (χ2v) is 7.34. The Morgan fingerprint density at radius 3 is 2.77 bits per heavy atom. The minimum Gasteiger partial charge on any atom is -0.376 e. The zero-order chi connectivity index (χ0) is 16.2. The molecule has 1 amide bonds. The molecule has 1 heterocycles. The van der Waals surface area contributed by atoms with Crippen molar-refractivity contribution in [3.05, 3.63) is 17.5 Å². The van der Waals surface area contributed by atoms with Gasteiger partial charge in [-0.05, 0) is 24.8 Å². The van der Waals surface area contributed by atoms with E-state index >= 15 is 0 Å². The Morgan fingerprint density at radius 1 is 1.41 bits per heavy atom. The monoisotopic (exact) mass is 307 g/mol. The first-order chi connectivity index (χ1) is 10.4. The number of nitrogens with zero attached hydrogens (tertiary/aromatic N) is 1. The van der Waals surface area contributed by atoms with Crippen molar-refractivity contribution in [1.82, 2.24) is 15.5 Å². The lowest BCUT2D eigenvalue weighted by Gasteiger charge is -2.28. The molecule has 0 radical (unpaired) electrons. The quantitative estimate of drug-likeness (QED) is 0.822. The van der Waals surface area contributed by atoms with Crippen molar-refractivity contribution in [2.24, 2.45) is 5.92 Å². The molecule has 2 N–H and O–H groups in total. The molecule has 2 rings (SSSR count). The summed E-state index contributed by atoms with van der Waals surface area (Å²) >= 11 is 0. The highest BCUT2D eigenvalue weighted by atomic mass is 16.5. The Morgan fingerprint density at radius 2 is 2.14 bits per heavy atom. The minimum absolute atomic E-state index is 0.0360. The zero-order valence-electron chi connectivity index (χ0n) is 14.2. The summed E-state index contributed by atoms with van der Waals surface area (Å²) in [5, 5.41) is 9.89. The number of amides is 1. The lowest BCUT2D eigenvalue weighted by molar-refractivity contribution is -0.00295. The van der Waals surface area contributed by atoms with Gasteiger partial charge in [-0.25, -0.2) is 0 Å². The molecule has 0 aromatic carbocycles. The topological polar surface area (TPSA) is 67.0 Å². The van der Waals surface area contributed by atoms with Gasteiger partial charge < -0.3 is 10.1 Å². The minimum atomic E-state index is -0.146. The van der Waals surface area contributed by atoms with E-state index in [2.05, 4.69) is 43.2 Å². The van der Waals surface area contributed by atoms with Crippen LogP contribution in [0.15, 0.2) is 6.07 Å². The van der Waals surface area contributed by atoms with Crippen LogP contribution in [0.1, 0.15) is 69.6 Å². The van der Waals surface area contributed by atoms with E-state index in [1.807, 2.05) is 6.07 Å². The summed E-state index contributed by atoms with van der Waals surface area (Å²) < 4.78 is 5.90. The van der Waals surface area contributed by atoms with Crippen LogP contribution < -0.4 is 5.32 Å². The van der Waals surface area contributed by atoms with Crippen LogP contribution in [-0.4, -0.2) is 35.4 Å². The average molecular weight is 307 g/mol. The van der Waals surface area contributed by atoms with Crippen molar-refractivity contribution in [3.63, 3.8) is 0 Å². The number of rotatable bonds is 5. The smallest absolute Gasteiger partial charge is 0.271 e. The first-order valence-corrected chi connectivity index (χ1v) is 8.33. The molecule has 1 fully saturated rings. The predicted molar refractivity (Wildman–Crippen MR) is 87.0 cm³/mol. The lowest BCUT2D eigenvalue weighted by Crippen LogP contribution is -2.32. The molecule has 0 bridgehead atoms. The van der Waals surface area contributed by atoms with Crippen LogP contribution in [0, 0.1) is 5.92 Å². The third-order valence-electron chi connectivity index (χ3n) is 4.37. The van der Waals surface area contributed by atoms with Crippen LogP contribution in [0.5, 0.6) is 0 Å². The number of carbonyl (C=O) groups is 1. The van der Waals surface area contributed by atoms with Gasteiger partial charge in [-0.1, -0.05) is 40.5 Å². The number of ether oxygens (including phenoxy) is 1. The van der Waals surface area contributed by atoms with Crippen LogP contribution in [0.4, 0.5) is 0 Å². The van der Waals surface area contributed by atoms with Gasteiger partial charge in [-0.15, -0.1) is 0 Å². The summed E-state index contributed by atoms with van der Waals surface area (Å²) in [5.74, 6) is 0.483. The molecule has 1 saturated carbocycles. The SMILES string of the molecule is CC1CCCCC1OCCNC(=O)c1cc(C(C)(C)C)[nH]n1. The fourth-order valence-electron chi connectivity index (χ4n) is 2.82. The summed E-state index contributed by atoms with van der Waals surface area (Å²) in [5.41, 5.74) is 1.37. The Kier molecular flexibility index (Phi) is 5.62. The number of aromatic nitrogens is 2. The molecular weight excluding hydrogens is 278 g/mol. The number of H-pyrrole nitrogens is 1. The van der Waals surface area contributed by atoms with Gasteiger partial charge in [-0.2, -0.15) is 5.10 Å². The zero-order valence-corrected chi connectivity index (χ0v) is 14.2. The van der Waals surface area contributed by atoms with Gasteiger partial charge in [0.05, 0.1) is 12.7 Å². The first kappa shape index (κ1) is 17.0. The number of aromatic amines is 1. The highest BCUT2D eigenvalue weighted by Gasteiger charge is 2.22. The lowest BCUT2D eigenvalue weighted by atomic mass is 9.88. The van der Waals surface area contributed by atoms with E-state index in [4.69, 9.17) is 4.74 Å². The second kappa shape index (κ2) is 7.27. The van der Waals surface area contributed by atoms with Crippen molar-refractivity contribution in [3.8, 4) is 0 Å². The fraction of sp³-hybridized carbons (Fsp3) is 0.765. The predicted octanol–water partition coefficient (Wildman–Crippen LogP) is 3.03. The molecule has 1 aliphatic carbocycles. The molecule has 1 aromatic heterocycles. The summed E-state index contributed by atoms with van der Waals surface area (Å²) in [6.45, 7) is 9.60. The molecule has 5 nitrogen and oxygen atoms in total. The molecule has 1 aromatic rings. The van der Waals surface area contributed by atoms with E-state index in [1.54, 1.807) is 0 Å². The number of carbonyl (C=O) groups excluding carboxylic acids is 1. The van der Waals surface area contributed by atoms with Crippen LogP contribution in [0.2, 0.25) is 0 Å². The average Bonchev–Trinajstić information content (AvgIpc) is 2.95. The maximum Gasteiger partial charge on any atom is 0.271 e. The van der Waals surface area contributed by atoms with E-state index < -0.39 is 0 Å². The highest BCUT2D eigenvalue weighted by molar-refractivity contribution is 5.92. The summed E-state index contributed by atoms with van der Waals surface area (Å²) in [7, 11) is 0. The van der Waals surface area contributed by atoms with Gasteiger partial charge in [0.1, 0.15) is 5.69 Å². The largest absolute Gasteiger partial charge is 0.376 e. The van der Waals surface area contributed by atoms with Gasteiger partial charge in [0.15, 0.2) is 0 Å². The molecule has 0 aliphatic heterocycles. The van der Waals surface area contributed by atoms with Gasteiger partial charge in [0.2, 0.25) is 0 Å². The number of nitrogens with one attached hydrogen (secondary N) is 2. The Hall–Kier alpha value is -1.36. The Bertz CT molecular complexity index is 490. The summed E-state index contributed by atoms with van der Waals surface area (Å²) in [6, 6.07) is 1.82. The summed E-state index contributed by atoms with van der Waals surface area (Å²) in [4.78, 5) is 12.1. The van der Waals surface area contributed by atoms with E-state index in [1.165, 1.54) is 19.3 Å². The van der Waals surface area contributed by atoms with Gasteiger partial charge in [-0.3, -0.25) is 9.89 Å². The molecule has 0 saturated heterocycles. The van der Waals surface area contributed by atoms with Crippen molar-refractivity contribution in [1.29, 1.82) is 0 Å². The number of hydrogen-bond donors (Lipinski definition) is 2. The van der Waals surface area contributed by atoms with Crippen LogP contribution in [0.3, 0.4) is 0 Å². The molecule has 2 unspecified atom stereocenters. The molecule has 22 heavy (non-hydrogen) atoms. The Labute approximate surface area is 133 Å². The summed E-state index contributed by atoms with van der Waals surface area (Å²) in [6.07, 6.45) is 5.31. The third-order valence-corrected chi connectivity index (χ3v) is 4.37. The molecule has 124 valence electrons. The highest BCUT2D eigenvalue weighted by Crippen LogP contribution is 2.26. The van der Waals surface area contributed by atoms with Gasteiger partial charge in [0, 0.05) is 17.7 Å². The molecule has 5 heteroatoms. The number of hydrogen-bond acceptors (Lipinski definition) is 3. The van der Waals surface area contributed by atoms with Gasteiger partial charge in [0.25, 0.3) is 5.91 Å². The Balaban J connectivity index is 1.72. The maximum atomic E-state index is 12.1. The van der Waals surface area contributed by atoms with Crippen molar-refractivity contribution < 1.29 is 9.53 Å². The van der Waals surface area contributed by atoms with E-state index in [9.17, 15) is 4.79 Å². The van der Waals surface area contributed by atoms with Crippen LogP contribution in [-0.2, 0) is 10.2 Å². The molecule has 1 aliphatic rings. The molecular formula is C17H29N3O2. The fourth-order valence-corrected chi connectivity index (χ4v) is 2.82. The molecule has 0 spiro atoms. The van der Waals surface area contributed by atoms with Crippen molar-refractivity contribution in [2.45, 2.75) is 64.9 Å². The van der Waals surface area contributed by atoms with E-state index in [0.29, 0.717) is 30.9 Å². The van der Waals surface area contributed by atoms with E-state index in [-0.39, 0.29) is 11.3 Å². The van der Waals surface area contributed by atoms with Crippen LogP contribution in [0.25, 0.3) is 0 Å². The second-order valence-electron chi connectivity index (χ2n) is 7.34. The standard InChI is InChI=1S/C17H29N3O2/c1-12-7-5-6-8-14(12)22-10-9-18-16(21)13-11-15(20-19-13)17(2,3)4/h11-12,14H,5-10H2,1-4H3,(H,18,21)(H,19,20). The van der Waals surface area contributed by atoms with Crippen molar-refractivity contribution >= 4 is 5.91 Å².